The summed E-state index contributed by atoms with van der Waals surface area (Å²) in [6.07, 6.45) is 11.8. The molecule has 0 aliphatic heterocycles. The van der Waals surface area contributed by atoms with E-state index in [4.69, 9.17) is 41.3 Å². The van der Waals surface area contributed by atoms with Crippen LogP contribution in [0.15, 0.2) is 24.3 Å². The van der Waals surface area contributed by atoms with E-state index in [9.17, 15) is 0 Å². The fourth-order valence-electron chi connectivity index (χ4n) is 3.33. The molecule has 0 spiro atoms. The molecular formula is C24H26O6. The highest BCUT2D eigenvalue weighted by molar-refractivity contribution is 5.59. The molecule has 2 rings (SSSR count). The quantitative estimate of drug-likeness (QED) is 0.585. The van der Waals surface area contributed by atoms with Crippen molar-refractivity contribution in [2.24, 2.45) is 0 Å². The van der Waals surface area contributed by atoms with Crippen molar-refractivity contribution in [3.63, 3.8) is 0 Å². The zero-order valence-corrected chi connectivity index (χ0v) is 18.1. The maximum absolute atomic E-state index is 5.92. The van der Waals surface area contributed by atoms with Crippen molar-refractivity contribution in [1.29, 1.82) is 0 Å². The molecule has 2 aromatic rings. The third kappa shape index (κ3) is 4.18. The lowest BCUT2D eigenvalue weighted by atomic mass is 9.82. The van der Waals surface area contributed by atoms with Crippen LogP contribution in [0.5, 0.6) is 34.5 Å². The predicted octanol–water partition coefficient (Wildman–Crippen LogP) is 3.87. The Labute approximate surface area is 178 Å². The van der Waals surface area contributed by atoms with Gasteiger partial charge >= 0.3 is 0 Å². The first kappa shape index (κ1) is 22.6. The monoisotopic (exact) mass is 410 g/mol. The SMILES string of the molecule is C#CC(c1cc(OC)c(OC)c(OC)c1)C(C#C)c1cc(OC)c(OC)c(OC)c1. The largest absolute Gasteiger partial charge is 0.493 e. The van der Waals surface area contributed by atoms with Crippen LogP contribution >= 0.6 is 0 Å². The third-order valence-corrected chi connectivity index (χ3v) is 4.78. The van der Waals surface area contributed by atoms with Gasteiger partial charge in [-0.05, 0) is 35.4 Å². The van der Waals surface area contributed by atoms with Crippen LogP contribution in [-0.4, -0.2) is 42.7 Å². The summed E-state index contributed by atoms with van der Waals surface area (Å²) in [5.74, 6) is 7.57. The van der Waals surface area contributed by atoms with Crippen molar-refractivity contribution < 1.29 is 28.4 Å². The second-order valence-electron chi connectivity index (χ2n) is 6.21. The Kier molecular flexibility index (Phi) is 7.72. The van der Waals surface area contributed by atoms with E-state index in [1.165, 1.54) is 0 Å². The Morgan fingerprint density at radius 1 is 0.533 bits per heavy atom. The molecule has 0 radical (unpaired) electrons. The van der Waals surface area contributed by atoms with Crippen molar-refractivity contribution in [1.82, 2.24) is 0 Å². The van der Waals surface area contributed by atoms with Gasteiger partial charge in [-0.3, -0.25) is 0 Å². The highest BCUT2D eigenvalue weighted by Gasteiger charge is 2.27. The molecule has 2 aromatic carbocycles. The van der Waals surface area contributed by atoms with Gasteiger partial charge in [-0.2, -0.15) is 0 Å². The molecule has 2 atom stereocenters. The van der Waals surface area contributed by atoms with Gasteiger partial charge in [0.25, 0.3) is 0 Å². The standard InChI is InChI=1S/C24H26O6/c1-9-17(15-11-19(25-3)23(29-7)20(12-15)26-4)18(10-2)16-13-21(27-5)24(30-8)22(14-16)28-6/h1-2,11-14,17-18H,3-8H3. The molecule has 0 bridgehead atoms. The third-order valence-electron chi connectivity index (χ3n) is 4.78. The second-order valence-corrected chi connectivity index (χ2v) is 6.21. The van der Waals surface area contributed by atoms with Gasteiger partial charge in [0.2, 0.25) is 11.5 Å². The highest BCUT2D eigenvalue weighted by Crippen LogP contribution is 2.45. The summed E-state index contributed by atoms with van der Waals surface area (Å²) >= 11 is 0. The van der Waals surface area contributed by atoms with Crippen molar-refractivity contribution in [3.05, 3.63) is 35.4 Å². The summed E-state index contributed by atoms with van der Waals surface area (Å²) < 4.78 is 32.6. The Bertz CT molecular complexity index is 837. The van der Waals surface area contributed by atoms with Gasteiger partial charge in [-0.25, -0.2) is 0 Å². The Morgan fingerprint density at radius 2 is 0.800 bits per heavy atom. The summed E-state index contributed by atoms with van der Waals surface area (Å²) in [7, 11) is 9.26. The number of hydrogen-bond acceptors (Lipinski definition) is 6. The molecule has 0 heterocycles. The van der Waals surface area contributed by atoms with Crippen LogP contribution in [0.1, 0.15) is 23.0 Å². The van der Waals surface area contributed by atoms with E-state index in [2.05, 4.69) is 11.8 Å². The van der Waals surface area contributed by atoms with Crippen molar-refractivity contribution >= 4 is 0 Å². The van der Waals surface area contributed by atoms with Crippen molar-refractivity contribution in [2.75, 3.05) is 42.7 Å². The molecule has 6 heteroatoms. The molecule has 6 nitrogen and oxygen atoms in total. The van der Waals surface area contributed by atoms with Crippen LogP contribution in [0.3, 0.4) is 0 Å². The topological polar surface area (TPSA) is 55.4 Å². The summed E-state index contributed by atoms with van der Waals surface area (Å²) in [6.45, 7) is 0. The summed E-state index contributed by atoms with van der Waals surface area (Å²) in [5.41, 5.74) is 1.51. The van der Waals surface area contributed by atoms with Crippen molar-refractivity contribution in [2.45, 2.75) is 11.8 Å². The molecule has 0 saturated heterocycles. The van der Waals surface area contributed by atoms with E-state index in [0.717, 1.165) is 11.1 Å². The van der Waals surface area contributed by atoms with Gasteiger partial charge in [0.05, 0.1) is 54.5 Å². The van der Waals surface area contributed by atoms with Gasteiger partial charge in [0.15, 0.2) is 23.0 Å². The predicted molar refractivity (Wildman–Crippen MR) is 115 cm³/mol. The zero-order valence-electron chi connectivity index (χ0n) is 18.1. The lowest BCUT2D eigenvalue weighted by Crippen LogP contribution is -2.10. The Morgan fingerprint density at radius 3 is 0.967 bits per heavy atom. The number of benzene rings is 2. The fraction of sp³-hybridized carbons (Fsp3) is 0.333. The first-order valence-corrected chi connectivity index (χ1v) is 9.05. The average Bonchev–Trinajstić information content (AvgIpc) is 2.80. The normalized spacial score (nSPS) is 12.0. The Hall–Kier alpha value is -3.64. The molecule has 158 valence electrons. The van der Waals surface area contributed by atoms with E-state index in [1.807, 2.05) is 0 Å². The minimum absolute atomic E-state index is 0.476. The fourth-order valence-corrected chi connectivity index (χ4v) is 3.33. The number of terminal acetylenes is 2. The molecule has 0 saturated carbocycles. The second kappa shape index (κ2) is 10.2. The smallest absolute Gasteiger partial charge is 0.203 e. The first-order chi connectivity index (χ1) is 14.5. The molecule has 0 amide bonds. The maximum atomic E-state index is 5.92. The van der Waals surface area contributed by atoms with E-state index in [0.29, 0.717) is 34.5 Å². The number of ether oxygens (including phenoxy) is 6. The van der Waals surface area contributed by atoms with E-state index in [-0.39, 0.29) is 0 Å². The minimum Gasteiger partial charge on any atom is -0.493 e. The van der Waals surface area contributed by atoms with Crippen LogP contribution in [0, 0.1) is 24.7 Å². The van der Waals surface area contributed by atoms with E-state index >= 15 is 0 Å². The van der Waals surface area contributed by atoms with Gasteiger partial charge in [-0.15, -0.1) is 12.8 Å². The molecule has 0 aromatic heterocycles. The van der Waals surface area contributed by atoms with Crippen LogP contribution in [-0.2, 0) is 0 Å². The maximum Gasteiger partial charge on any atom is 0.203 e. The minimum atomic E-state index is -0.480. The molecule has 30 heavy (non-hydrogen) atoms. The number of rotatable bonds is 9. The van der Waals surface area contributed by atoms with E-state index < -0.39 is 11.8 Å². The van der Waals surface area contributed by atoms with Crippen LogP contribution < -0.4 is 28.4 Å². The summed E-state index contributed by atoms with van der Waals surface area (Å²) in [4.78, 5) is 0. The highest BCUT2D eigenvalue weighted by atomic mass is 16.5. The number of hydrogen-bond donors (Lipinski definition) is 0. The van der Waals surface area contributed by atoms with Gasteiger partial charge in [0.1, 0.15) is 0 Å². The molecule has 0 aliphatic carbocycles. The van der Waals surface area contributed by atoms with Crippen LogP contribution in [0.4, 0.5) is 0 Å². The lowest BCUT2D eigenvalue weighted by molar-refractivity contribution is 0.323. The first-order valence-electron chi connectivity index (χ1n) is 9.05. The number of methoxy groups -OCH3 is 6. The van der Waals surface area contributed by atoms with Crippen LogP contribution in [0.2, 0.25) is 0 Å². The van der Waals surface area contributed by atoms with Crippen molar-refractivity contribution in [3.8, 4) is 59.2 Å². The summed E-state index contributed by atoms with van der Waals surface area (Å²) in [6, 6.07) is 7.20. The van der Waals surface area contributed by atoms with Gasteiger partial charge in [-0.1, -0.05) is 11.8 Å². The average molecular weight is 410 g/mol. The Balaban J connectivity index is 2.65. The van der Waals surface area contributed by atoms with Gasteiger partial charge < -0.3 is 28.4 Å². The van der Waals surface area contributed by atoms with Crippen LogP contribution in [0.25, 0.3) is 0 Å². The zero-order chi connectivity index (χ0) is 22.3. The molecule has 0 fully saturated rings. The lowest BCUT2D eigenvalue weighted by Gasteiger charge is -2.23. The van der Waals surface area contributed by atoms with E-state index in [1.54, 1.807) is 66.9 Å². The molecular weight excluding hydrogens is 384 g/mol. The molecule has 2 unspecified atom stereocenters. The molecule has 0 aliphatic rings. The summed E-state index contributed by atoms with van der Waals surface area (Å²) in [5, 5.41) is 0. The molecule has 0 N–H and O–H groups in total. The van der Waals surface area contributed by atoms with Gasteiger partial charge in [0, 0.05) is 0 Å².